The smallest absolute Gasteiger partial charge is 0.227 e. The Morgan fingerprint density at radius 2 is 1.94 bits per heavy atom. The summed E-state index contributed by atoms with van der Waals surface area (Å²) >= 11 is 0. The van der Waals surface area contributed by atoms with Crippen LogP contribution in [0.15, 0.2) is 36.8 Å². The number of hydrogen-bond donors (Lipinski definition) is 3. The van der Waals surface area contributed by atoms with E-state index in [-0.39, 0.29) is 22.5 Å². The first-order valence-corrected chi connectivity index (χ1v) is 12.2. The Balaban J connectivity index is 1.29. The van der Waals surface area contributed by atoms with Gasteiger partial charge in [-0.15, -0.1) is 0 Å². The maximum atomic E-state index is 15.2. The van der Waals surface area contributed by atoms with Gasteiger partial charge in [-0.2, -0.15) is 0 Å². The van der Waals surface area contributed by atoms with Crippen LogP contribution in [0, 0.1) is 24.5 Å². The fourth-order valence-electron chi connectivity index (χ4n) is 4.59. The van der Waals surface area contributed by atoms with Gasteiger partial charge >= 0.3 is 0 Å². The number of piperazine rings is 1. The van der Waals surface area contributed by atoms with Crippen molar-refractivity contribution in [3.05, 3.63) is 59.7 Å². The van der Waals surface area contributed by atoms with E-state index in [1.807, 2.05) is 18.3 Å². The molecule has 36 heavy (non-hydrogen) atoms. The number of halogens is 2. The van der Waals surface area contributed by atoms with Crippen molar-refractivity contribution < 1.29 is 13.5 Å². The molecule has 0 atom stereocenters. The molecule has 1 saturated carbocycles. The number of hydrogen-bond acceptors (Lipinski definition) is 7. The zero-order chi connectivity index (χ0) is 24.6. The summed E-state index contributed by atoms with van der Waals surface area (Å²) < 4.78 is 35.8. The fraction of sp³-hybridized carbons (Fsp3) is 0.346. The van der Waals surface area contributed by atoms with E-state index in [2.05, 4.69) is 35.5 Å². The third-order valence-corrected chi connectivity index (χ3v) is 6.68. The van der Waals surface area contributed by atoms with Crippen LogP contribution in [0.5, 0.6) is 11.6 Å². The first-order chi connectivity index (χ1) is 17.5. The van der Waals surface area contributed by atoms with Crippen molar-refractivity contribution in [3.8, 4) is 11.6 Å². The molecule has 0 unspecified atom stereocenters. The van der Waals surface area contributed by atoms with E-state index in [1.165, 1.54) is 6.33 Å². The number of nitrogens with zero attached hydrogens (tertiary/aromatic N) is 4. The lowest BCUT2D eigenvalue weighted by atomic mass is 10.1. The lowest BCUT2D eigenvalue weighted by molar-refractivity contribution is 0.420. The molecule has 1 saturated heterocycles. The molecule has 0 amide bonds. The predicted octanol–water partition coefficient (Wildman–Crippen LogP) is 4.84. The van der Waals surface area contributed by atoms with Crippen LogP contribution in [0.25, 0.3) is 10.9 Å². The number of nitrogens with one attached hydrogen (secondary N) is 3. The first kappa shape index (κ1) is 22.7. The molecule has 3 N–H and O–H groups in total. The van der Waals surface area contributed by atoms with E-state index in [0.29, 0.717) is 29.7 Å². The van der Waals surface area contributed by atoms with Gasteiger partial charge in [0.25, 0.3) is 0 Å². The monoisotopic (exact) mass is 491 g/mol. The molecule has 6 rings (SSSR count). The summed E-state index contributed by atoms with van der Waals surface area (Å²) in [4.78, 5) is 18.4. The topological polar surface area (TPSA) is 91.0 Å². The van der Waals surface area contributed by atoms with Crippen LogP contribution >= 0.6 is 0 Å². The zero-order valence-corrected chi connectivity index (χ0v) is 19.9. The lowest BCUT2D eigenvalue weighted by Crippen LogP contribution is -2.43. The minimum atomic E-state index is -0.633. The first-order valence-electron chi connectivity index (χ1n) is 12.2. The number of aromatic nitrogens is 4. The Morgan fingerprint density at radius 3 is 2.69 bits per heavy atom. The average molecular weight is 492 g/mol. The van der Waals surface area contributed by atoms with Crippen LogP contribution < -0.4 is 20.3 Å². The van der Waals surface area contributed by atoms with Gasteiger partial charge in [-0.05, 0) is 50.3 Å². The van der Waals surface area contributed by atoms with E-state index in [1.54, 1.807) is 13.0 Å². The van der Waals surface area contributed by atoms with Crippen molar-refractivity contribution >= 4 is 28.2 Å². The van der Waals surface area contributed by atoms with Gasteiger partial charge in [-0.1, -0.05) is 0 Å². The van der Waals surface area contributed by atoms with E-state index in [4.69, 9.17) is 4.74 Å². The van der Waals surface area contributed by atoms with Crippen molar-refractivity contribution in [1.29, 1.82) is 0 Å². The summed E-state index contributed by atoms with van der Waals surface area (Å²) in [5.74, 6) is 0.455. The molecule has 186 valence electrons. The highest BCUT2D eigenvalue weighted by atomic mass is 19.1. The second-order valence-electron chi connectivity index (χ2n) is 9.43. The Morgan fingerprint density at radius 1 is 1.11 bits per heavy atom. The molecular formula is C26H27F2N7O. The van der Waals surface area contributed by atoms with Crippen LogP contribution in [-0.4, -0.2) is 46.1 Å². The maximum Gasteiger partial charge on any atom is 0.227 e. The normalized spacial score (nSPS) is 15.9. The van der Waals surface area contributed by atoms with Gasteiger partial charge in [-0.3, -0.25) is 0 Å². The molecule has 2 fully saturated rings. The number of benzene rings is 1. The Labute approximate surface area is 207 Å². The molecule has 10 heteroatoms. The van der Waals surface area contributed by atoms with Gasteiger partial charge in [0.15, 0.2) is 17.4 Å². The molecule has 0 radical (unpaired) electrons. The molecule has 3 aromatic heterocycles. The largest absolute Gasteiger partial charge is 0.435 e. The van der Waals surface area contributed by atoms with Gasteiger partial charge in [0.05, 0.1) is 23.0 Å². The maximum absolute atomic E-state index is 15.2. The van der Waals surface area contributed by atoms with Gasteiger partial charge in [-0.25, -0.2) is 23.7 Å². The Bertz CT molecular complexity index is 1400. The summed E-state index contributed by atoms with van der Waals surface area (Å²) in [6.45, 7) is 5.54. The second-order valence-corrected chi connectivity index (χ2v) is 9.43. The summed E-state index contributed by atoms with van der Waals surface area (Å²) in [7, 11) is 0. The number of ether oxygens (including phenoxy) is 1. The van der Waals surface area contributed by atoms with Gasteiger partial charge < -0.3 is 25.3 Å². The van der Waals surface area contributed by atoms with Crippen molar-refractivity contribution in [2.24, 2.45) is 5.92 Å². The van der Waals surface area contributed by atoms with Crippen molar-refractivity contribution in [1.82, 2.24) is 25.3 Å². The summed E-state index contributed by atoms with van der Waals surface area (Å²) in [5, 5.41) is 6.77. The SMILES string of the molecule is Cc1cc2c(F)c(Oc3ncnc(Nc4ccc(N5CCNCC5)cn4)c3CC3CC3)cc(F)c2[nH]1. The standard InChI is InChI=1S/C26H27F2N7O/c1-15-10-18-23(28)21(12-20(27)24(18)33-15)36-26-19(11-16-2-3-16)25(31-14-32-26)34-22-5-4-17(13-30-22)35-8-6-29-7-9-35/h4-5,10,12-14,16,29,33H,2-3,6-9,11H2,1H3,(H,30,31,32,34). The van der Waals surface area contributed by atoms with Gasteiger partial charge in [0, 0.05) is 43.3 Å². The fourth-order valence-corrected chi connectivity index (χ4v) is 4.59. The molecule has 2 aliphatic rings. The molecule has 1 aromatic carbocycles. The highest BCUT2D eigenvalue weighted by Gasteiger charge is 2.27. The van der Waals surface area contributed by atoms with Crippen LogP contribution in [-0.2, 0) is 6.42 Å². The molecule has 1 aliphatic heterocycles. The molecular weight excluding hydrogens is 464 g/mol. The number of H-pyrrole nitrogens is 1. The van der Waals surface area contributed by atoms with Crippen molar-refractivity contribution in [2.75, 3.05) is 36.4 Å². The van der Waals surface area contributed by atoms with E-state index in [0.717, 1.165) is 56.3 Å². The number of aromatic amines is 1. The van der Waals surface area contributed by atoms with Crippen molar-refractivity contribution in [2.45, 2.75) is 26.2 Å². The van der Waals surface area contributed by atoms with E-state index in [9.17, 15) is 4.39 Å². The molecule has 0 spiro atoms. The van der Waals surface area contributed by atoms with Crippen LogP contribution in [0.2, 0.25) is 0 Å². The molecule has 8 nitrogen and oxygen atoms in total. The lowest BCUT2D eigenvalue weighted by Gasteiger charge is -2.29. The van der Waals surface area contributed by atoms with Crippen LogP contribution in [0.4, 0.5) is 26.1 Å². The third kappa shape index (κ3) is 4.56. The highest BCUT2D eigenvalue weighted by molar-refractivity contribution is 5.83. The Hall–Kier alpha value is -3.79. The minimum Gasteiger partial charge on any atom is -0.435 e. The van der Waals surface area contributed by atoms with Crippen LogP contribution in [0.3, 0.4) is 0 Å². The highest BCUT2D eigenvalue weighted by Crippen LogP contribution is 2.40. The molecule has 0 bridgehead atoms. The number of anilines is 3. The number of fused-ring (bicyclic) bond motifs is 1. The number of rotatable bonds is 7. The third-order valence-electron chi connectivity index (χ3n) is 6.68. The van der Waals surface area contributed by atoms with Gasteiger partial charge in [0.1, 0.15) is 18.0 Å². The summed E-state index contributed by atoms with van der Waals surface area (Å²) in [5.41, 5.74) is 2.58. The number of aryl methyl sites for hydroxylation is 1. The van der Waals surface area contributed by atoms with Crippen molar-refractivity contribution in [3.63, 3.8) is 0 Å². The molecule has 4 aromatic rings. The quantitative estimate of drug-likeness (QED) is 0.341. The summed E-state index contributed by atoms with van der Waals surface area (Å²) in [6.07, 6.45) is 6.08. The second kappa shape index (κ2) is 9.34. The van der Waals surface area contributed by atoms with Gasteiger partial charge in [0.2, 0.25) is 5.88 Å². The summed E-state index contributed by atoms with van der Waals surface area (Å²) in [6, 6.07) is 6.57. The predicted molar refractivity (Wildman–Crippen MR) is 134 cm³/mol. The minimum absolute atomic E-state index is 0.121. The van der Waals surface area contributed by atoms with E-state index >= 15 is 4.39 Å². The molecule has 4 heterocycles. The number of pyridine rings is 1. The zero-order valence-electron chi connectivity index (χ0n) is 19.9. The Kier molecular flexibility index (Phi) is 5.88. The molecule has 1 aliphatic carbocycles. The average Bonchev–Trinajstić information content (AvgIpc) is 3.62. The van der Waals surface area contributed by atoms with E-state index < -0.39 is 11.6 Å². The van der Waals surface area contributed by atoms with Crippen LogP contribution in [0.1, 0.15) is 24.1 Å².